The van der Waals surface area contributed by atoms with E-state index in [0.29, 0.717) is 16.9 Å². The van der Waals surface area contributed by atoms with Gasteiger partial charge in [0.1, 0.15) is 0 Å². The molecule has 0 spiro atoms. The lowest BCUT2D eigenvalue weighted by atomic mass is 10.1. The van der Waals surface area contributed by atoms with Gasteiger partial charge in [0, 0.05) is 5.69 Å². The molecule has 3 rings (SSSR count). The standard InChI is InChI=1S/C15H11F3N4O/c16-15(17,18)9-5-7-10(8-6-9)20-12-4-2-1-3-11(12)13-21-22-14(19)23-13/h1-8,20H,(H2,19,22). The summed E-state index contributed by atoms with van der Waals surface area (Å²) >= 11 is 0. The summed E-state index contributed by atoms with van der Waals surface area (Å²) in [6, 6.07) is 11.7. The van der Waals surface area contributed by atoms with Gasteiger partial charge in [-0.3, -0.25) is 0 Å². The topological polar surface area (TPSA) is 77.0 Å². The van der Waals surface area contributed by atoms with Crippen LogP contribution >= 0.6 is 0 Å². The third-order valence-corrected chi connectivity index (χ3v) is 3.09. The molecule has 0 fully saturated rings. The number of rotatable bonds is 3. The van der Waals surface area contributed by atoms with Crippen molar-refractivity contribution in [3.63, 3.8) is 0 Å². The Morgan fingerprint density at radius 2 is 1.65 bits per heavy atom. The van der Waals surface area contributed by atoms with E-state index in [1.807, 2.05) is 0 Å². The Morgan fingerprint density at radius 1 is 0.957 bits per heavy atom. The van der Waals surface area contributed by atoms with E-state index in [9.17, 15) is 13.2 Å². The SMILES string of the molecule is Nc1nnc(-c2ccccc2Nc2ccc(C(F)(F)F)cc2)o1. The predicted molar refractivity (Wildman–Crippen MR) is 78.9 cm³/mol. The highest BCUT2D eigenvalue weighted by Crippen LogP contribution is 2.32. The van der Waals surface area contributed by atoms with Gasteiger partial charge < -0.3 is 15.5 Å². The van der Waals surface area contributed by atoms with E-state index in [1.165, 1.54) is 12.1 Å². The number of halogens is 3. The molecule has 1 aromatic heterocycles. The van der Waals surface area contributed by atoms with Crippen molar-refractivity contribution in [3.8, 4) is 11.5 Å². The minimum atomic E-state index is -4.36. The molecular weight excluding hydrogens is 309 g/mol. The highest BCUT2D eigenvalue weighted by molar-refractivity contribution is 5.76. The number of aromatic nitrogens is 2. The van der Waals surface area contributed by atoms with Crippen LogP contribution < -0.4 is 11.1 Å². The highest BCUT2D eigenvalue weighted by atomic mass is 19.4. The van der Waals surface area contributed by atoms with Gasteiger partial charge in [0.25, 0.3) is 5.89 Å². The Kier molecular flexibility index (Phi) is 3.65. The molecule has 0 saturated heterocycles. The predicted octanol–water partition coefficient (Wildman–Crippen LogP) is 4.08. The molecule has 0 bridgehead atoms. The first-order valence-corrected chi connectivity index (χ1v) is 6.56. The summed E-state index contributed by atoms with van der Waals surface area (Å²) in [5.74, 6) is 0.220. The van der Waals surface area contributed by atoms with Crippen LogP contribution in [0.3, 0.4) is 0 Å². The molecule has 8 heteroatoms. The quantitative estimate of drug-likeness (QED) is 0.760. The van der Waals surface area contributed by atoms with Gasteiger partial charge in [-0.1, -0.05) is 17.2 Å². The molecule has 1 heterocycles. The summed E-state index contributed by atoms with van der Waals surface area (Å²) in [5, 5.41) is 10.4. The van der Waals surface area contributed by atoms with E-state index in [1.54, 1.807) is 24.3 Å². The number of hydrogen-bond acceptors (Lipinski definition) is 5. The first kappa shape index (κ1) is 14.9. The van der Waals surface area contributed by atoms with E-state index in [2.05, 4.69) is 15.5 Å². The average Bonchev–Trinajstić information content (AvgIpc) is 2.94. The molecule has 0 aliphatic rings. The van der Waals surface area contributed by atoms with Crippen molar-refractivity contribution in [3.05, 3.63) is 54.1 Å². The Morgan fingerprint density at radius 3 is 2.26 bits per heavy atom. The van der Waals surface area contributed by atoms with Gasteiger partial charge in [-0.25, -0.2) is 0 Å². The van der Waals surface area contributed by atoms with Gasteiger partial charge >= 0.3 is 12.2 Å². The van der Waals surface area contributed by atoms with Crippen LogP contribution in [0, 0.1) is 0 Å². The number of alkyl halides is 3. The van der Waals surface area contributed by atoms with Crippen LogP contribution in [0.2, 0.25) is 0 Å². The van der Waals surface area contributed by atoms with Crippen molar-refractivity contribution in [2.75, 3.05) is 11.1 Å². The maximum Gasteiger partial charge on any atom is 0.416 e. The van der Waals surface area contributed by atoms with E-state index in [0.717, 1.165) is 12.1 Å². The van der Waals surface area contributed by atoms with Crippen molar-refractivity contribution >= 4 is 17.4 Å². The van der Waals surface area contributed by atoms with Crippen LogP contribution in [0.5, 0.6) is 0 Å². The number of anilines is 3. The molecule has 0 unspecified atom stereocenters. The van der Waals surface area contributed by atoms with Gasteiger partial charge in [-0.05, 0) is 36.4 Å². The largest absolute Gasteiger partial charge is 0.416 e. The number of benzene rings is 2. The second-order valence-corrected chi connectivity index (χ2v) is 4.69. The van der Waals surface area contributed by atoms with E-state index in [4.69, 9.17) is 10.2 Å². The minimum Gasteiger partial charge on any atom is -0.403 e. The van der Waals surface area contributed by atoms with Crippen molar-refractivity contribution < 1.29 is 17.6 Å². The lowest BCUT2D eigenvalue weighted by molar-refractivity contribution is -0.137. The molecule has 0 amide bonds. The van der Waals surface area contributed by atoms with Gasteiger partial charge in [0.2, 0.25) is 0 Å². The lowest BCUT2D eigenvalue weighted by Crippen LogP contribution is -2.04. The van der Waals surface area contributed by atoms with Crippen molar-refractivity contribution in [1.29, 1.82) is 0 Å². The molecule has 0 atom stereocenters. The van der Waals surface area contributed by atoms with Crippen LogP contribution in [0.1, 0.15) is 5.56 Å². The molecule has 0 saturated carbocycles. The molecule has 0 radical (unpaired) electrons. The van der Waals surface area contributed by atoms with Crippen molar-refractivity contribution in [2.24, 2.45) is 0 Å². The zero-order chi connectivity index (χ0) is 16.4. The lowest BCUT2D eigenvalue weighted by Gasteiger charge is -2.11. The number of hydrogen-bond donors (Lipinski definition) is 2. The number of nitrogens with two attached hydrogens (primary N) is 1. The Hall–Kier alpha value is -3.03. The molecule has 3 N–H and O–H groups in total. The van der Waals surface area contributed by atoms with Gasteiger partial charge in [-0.15, -0.1) is 5.10 Å². The second-order valence-electron chi connectivity index (χ2n) is 4.69. The van der Waals surface area contributed by atoms with Crippen LogP contribution in [0.25, 0.3) is 11.5 Å². The minimum absolute atomic E-state index is 0.0654. The zero-order valence-electron chi connectivity index (χ0n) is 11.6. The third-order valence-electron chi connectivity index (χ3n) is 3.09. The van der Waals surface area contributed by atoms with Gasteiger partial charge in [0.05, 0.1) is 16.8 Å². The Labute approximate surface area is 128 Å². The number of nitrogen functional groups attached to an aromatic ring is 1. The summed E-state index contributed by atoms with van der Waals surface area (Å²) < 4.78 is 42.9. The first-order valence-electron chi connectivity index (χ1n) is 6.56. The smallest absolute Gasteiger partial charge is 0.403 e. The molecule has 118 valence electrons. The highest BCUT2D eigenvalue weighted by Gasteiger charge is 2.29. The van der Waals surface area contributed by atoms with Crippen LogP contribution in [0.4, 0.5) is 30.6 Å². The number of nitrogens with one attached hydrogen (secondary N) is 1. The fourth-order valence-corrected chi connectivity index (χ4v) is 2.02. The number of nitrogens with zero attached hydrogens (tertiary/aromatic N) is 2. The van der Waals surface area contributed by atoms with Gasteiger partial charge in [0.15, 0.2) is 0 Å². The fourth-order valence-electron chi connectivity index (χ4n) is 2.02. The normalized spacial score (nSPS) is 11.4. The molecule has 2 aromatic carbocycles. The molecule has 3 aromatic rings. The van der Waals surface area contributed by atoms with Crippen molar-refractivity contribution in [2.45, 2.75) is 6.18 Å². The molecule has 23 heavy (non-hydrogen) atoms. The summed E-state index contributed by atoms with van der Waals surface area (Å²) in [4.78, 5) is 0. The summed E-state index contributed by atoms with van der Waals surface area (Å²) in [7, 11) is 0. The number of para-hydroxylation sites is 1. The molecule has 0 aliphatic heterocycles. The maximum atomic E-state index is 12.6. The second kappa shape index (κ2) is 5.64. The third kappa shape index (κ3) is 3.25. The molecule has 5 nitrogen and oxygen atoms in total. The summed E-state index contributed by atoms with van der Waals surface area (Å²) in [5.41, 5.74) is 6.40. The average molecular weight is 320 g/mol. The zero-order valence-corrected chi connectivity index (χ0v) is 11.6. The molecular formula is C15H11F3N4O. The van der Waals surface area contributed by atoms with E-state index < -0.39 is 11.7 Å². The van der Waals surface area contributed by atoms with Crippen LogP contribution in [0.15, 0.2) is 52.9 Å². The Bertz CT molecular complexity index is 812. The van der Waals surface area contributed by atoms with Gasteiger partial charge in [-0.2, -0.15) is 13.2 Å². The van der Waals surface area contributed by atoms with Crippen LogP contribution in [-0.2, 0) is 6.18 Å². The summed E-state index contributed by atoms with van der Waals surface area (Å²) in [6.07, 6.45) is -4.36. The Balaban J connectivity index is 1.89. The maximum absolute atomic E-state index is 12.6. The van der Waals surface area contributed by atoms with Crippen molar-refractivity contribution in [1.82, 2.24) is 10.2 Å². The van der Waals surface area contributed by atoms with E-state index >= 15 is 0 Å². The first-order chi connectivity index (χ1) is 10.9. The fraction of sp³-hybridized carbons (Fsp3) is 0.0667. The monoisotopic (exact) mass is 320 g/mol. The van der Waals surface area contributed by atoms with E-state index in [-0.39, 0.29) is 11.9 Å². The molecule has 0 aliphatic carbocycles. The summed E-state index contributed by atoms with van der Waals surface area (Å²) in [6.45, 7) is 0. The van der Waals surface area contributed by atoms with Crippen LogP contribution in [-0.4, -0.2) is 10.2 Å².